The Labute approximate surface area is 254 Å². The molecule has 0 spiro atoms. The van der Waals surface area contributed by atoms with Crippen molar-refractivity contribution in [1.82, 2.24) is 4.90 Å². The molecular formula is C27H25F3N2O9S3. The number of halogens is 3. The second kappa shape index (κ2) is 11.2. The van der Waals surface area contributed by atoms with E-state index in [1.807, 2.05) is 0 Å². The Morgan fingerprint density at radius 3 is 2.55 bits per heavy atom. The van der Waals surface area contributed by atoms with Crippen molar-refractivity contribution in [3.63, 3.8) is 0 Å². The molecule has 1 amide bonds. The van der Waals surface area contributed by atoms with E-state index in [0.717, 1.165) is 16.1 Å². The number of carbonyl (C=O) groups excluding carboxylic acids is 3. The minimum absolute atomic E-state index is 0.0995. The van der Waals surface area contributed by atoms with Gasteiger partial charge in [0.1, 0.15) is 18.1 Å². The molecule has 3 aliphatic heterocycles. The highest BCUT2D eigenvalue weighted by molar-refractivity contribution is 8.04. The van der Waals surface area contributed by atoms with E-state index in [1.165, 1.54) is 42.2 Å². The molecule has 0 saturated carbocycles. The minimum atomic E-state index is -5.81. The lowest BCUT2D eigenvalue weighted by Crippen LogP contribution is -2.60. The van der Waals surface area contributed by atoms with Crippen molar-refractivity contribution in [1.29, 1.82) is 0 Å². The molecule has 1 saturated heterocycles. The molecule has 2 aromatic carbocycles. The van der Waals surface area contributed by atoms with E-state index in [2.05, 4.69) is 10.8 Å². The van der Waals surface area contributed by atoms with Crippen LogP contribution in [0.1, 0.15) is 19.4 Å². The van der Waals surface area contributed by atoms with Crippen LogP contribution in [0.4, 0.5) is 18.9 Å². The molecule has 3 unspecified atom stereocenters. The predicted molar refractivity (Wildman–Crippen MR) is 153 cm³/mol. The van der Waals surface area contributed by atoms with Gasteiger partial charge in [0.15, 0.2) is 0 Å². The van der Waals surface area contributed by atoms with Gasteiger partial charge >= 0.3 is 21.6 Å². The van der Waals surface area contributed by atoms with Crippen LogP contribution in [0.15, 0.2) is 58.5 Å². The molecule has 3 aliphatic rings. The van der Waals surface area contributed by atoms with Gasteiger partial charge < -0.3 is 4.74 Å². The second-order valence-electron chi connectivity index (χ2n) is 10.2. The number of hydrogen-bond acceptors (Lipinski definition) is 10. The molecule has 0 aliphatic carbocycles. The highest BCUT2D eigenvalue weighted by atomic mass is 32.2. The molecule has 236 valence electrons. The van der Waals surface area contributed by atoms with Gasteiger partial charge in [0, 0.05) is 16.2 Å². The molecule has 3 heterocycles. The molecule has 0 aromatic heterocycles. The molecule has 3 atom stereocenters. The zero-order valence-electron chi connectivity index (χ0n) is 23.2. The Morgan fingerprint density at radius 2 is 1.91 bits per heavy atom. The maximum absolute atomic E-state index is 13.8. The summed E-state index contributed by atoms with van der Waals surface area (Å²) in [5.74, 6) is -2.89. The minimum Gasteiger partial charge on any atom is -0.457 e. The van der Waals surface area contributed by atoms with Crippen molar-refractivity contribution in [2.24, 2.45) is 11.8 Å². The van der Waals surface area contributed by atoms with Gasteiger partial charge in [-0.3, -0.25) is 23.0 Å². The zero-order chi connectivity index (χ0) is 32.4. The third kappa shape index (κ3) is 5.08. The maximum atomic E-state index is 13.8. The van der Waals surface area contributed by atoms with Gasteiger partial charge in [-0.15, -0.1) is 0 Å². The number of thioether (sulfide) groups is 1. The first-order chi connectivity index (χ1) is 20.5. The number of ether oxygens (including phenoxy) is 1. The fourth-order valence-corrected chi connectivity index (χ4v) is 9.14. The van der Waals surface area contributed by atoms with Crippen molar-refractivity contribution in [3.05, 3.63) is 59.2 Å². The van der Waals surface area contributed by atoms with E-state index in [-0.39, 0.29) is 51.9 Å². The summed E-state index contributed by atoms with van der Waals surface area (Å²) in [6, 6.07) is 7.23. The fourth-order valence-electron chi connectivity index (χ4n) is 5.36. The molecular weight excluding hydrogens is 649 g/mol. The van der Waals surface area contributed by atoms with Crippen molar-refractivity contribution in [2.75, 3.05) is 24.1 Å². The number of sulfonamides is 1. The number of β-lactam (4-membered cyclic amide) rings is 1. The van der Waals surface area contributed by atoms with E-state index >= 15 is 0 Å². The van der Waals surface area contributed by atoms with Gasteiger partial charge in [-0.1, -0.05) is 49.5 Å². The smallest absolute Gasteiger partial charge is 0.457 e. The van der Waals surface area contributed by atoms with Crippen molar-refractivity contribution >= 4 is 66.0 Å². The van der Waals surface area contributed by atoms with Crippen LogP contribution in [0.3, 0.4) is 0 Å². The lowest BCUT2D eigenvalue weighted by Gasteiger charge is -2.44. The number of nitrogens with zero attached hydrogens (tertiary/aromatic N) is 2. The Bertz CT molecular complexity index is 1860. The van der Waals surface area contributed by atoms with E-state index in [4.69, 9.17) is 4.74 Å². The van der Waals surface area contributed by atoms with Gasteiger partial charge in [0.2, 0.25) is 5.91 Å². The van der Waals surface area contributed by atoms with Crippen LogP contribution in [0.25, 0.3) is 10.8 Å². The summed E-state index contributed by atoms with van der Waals surface area (Å²) in [5, 5.41) is -0.0108. The maximum Gasteiger partial charge on any atom is 0.523 e. The van der Waals surface area contributed by atoms with Gasteiger partial charge in [0.05, 0.1) is 35.0 Å². The Kier molecular flexibility index (Phi) is 8.14. The van der Waals surface area contributed by atoms with E-state index in [9.17, 15) is 44.4 Å². The SMILES string of the molecule is C=CCOC(=O)C1=C(CN2c3cccc4c(CCOS(=O)(=O)C(F)(F)F)ccc(c34)S2(=O)=O)SC2C(C(C)C(C)=O)C(=O)N12. The summed E-state index contributed by atoms with van der Waals surface area (Å²) in [7, 11) is -10.0. The largest absolute Gasteiger partial charge is 0.523 e. The monoisotopic (exact) mass is 674 g/mol. The number of alkyl halides is 3. The van der Waals surface area contributed by atoms with E-state index in [0.29, 0.717) is 10.9 Å². The molecule has 0 N–H and O–H groups in total. The first-order valence-corrected chi connectivity index (χ1v) is 16.8. The summed E-state index contributed by atoms with van der Waals surface area (Å²) in [4.78, 5) is 39.6. The van der Waals surface area contributed by atoms with Crippen LogP contribution >= 0.6 is 11.8 Å². The van der Waals surface area contributed by atoms with E-state index < -0.39 is 61.3 Å². The van der Waals surface area contributed by atoms with Gasteiger partial charge in [0.25, 0.3) is 10.0 Å². The Morgan fingerprint density at radius 1 is 1.20 bits per heavy atom. The second-order valence-corrected chi connectivity index (χ2v) is 14.9. The average molecular weight is 675 g/mol. The zero-order valence-corrected chi connectivity index (χ0v) is 25.6. The summed E-state index contributed by atoms with van der Waals surface area (Å²) in [5.41, 5.74) is -5.15. The molecule has 2 aromatic rings. The summed E-state index contributed by atoms with van der Waals surface area (Å²) < 4.78 is 98.5. The van der Waals surface area contributed by atoms with Crippen LogP contribution < -0.4 is 4.31 Å². The number of ketones is 1. The highest BCUT2D eigenvalue weighted by Crippen LogP contribution is 2.53. The quantitative estimate of drug-likeness (QED) is 0.114. The normalized spacial score (nSPS) is 21.3. The van der Waals surface area contributed by atoms with E-state index in [1.54, 1.807) is 13.0 Å². The van der Waals surface area contributed by atoms with Gasteiger partial charge in [-0.25, -0.2) is 13.2 Å². The van der Waals surface area contributed by atoms with Crippen LogP contribution in [0, 0.1) is 11.8 Å². The summed E-state index contributed by atoms with van der Waals surface area (Å²) in [6.07, 6.45) is 1.06. The van der Waals surface area contributed by atoms with Crippen LogP contribution in [-0.4, -0.2) is 70.0 Å². The Balaban J connectivity index is 1.49. The number of anilines is 1. The van der Waals surface area contributed by atoms with Crippen molar-refractivity contribution < 1.29 is 53.3 Å². The average Bonchev–Trinajstić information content (AvgIpc) is 3.38. The van der Waals surface area contributed by atoms with Gasteiger partial charge in [-0.05, 0) is 36.4 Å². The lowest BCUT2D eigenvalue weighted by atomic mass is 9.83. The number of hydrogen-bond donors (Lipinski definition) is 0. The molecule has 17 heteroatoms. The van der Waals surface area contributed by atoms with Crippen molar-refractivity contribution in [3.8, 4) is 0 Å². The fraction of sp³-hybridized carbons (Fsp3) is 0.370. The number of fused-ring (bicyclic) bond motifs is 1. The lowest BCUT2D eigenvalue weighted by molar-refractivity contribution is -0.157. The number of Topliss-reactive ketones (excluding diaryl/α,β-unsaturated/α-hetero) is 1. The Hall–Kier alpha value is -3.41. The first kappa shape index (κ1) is 32.0. The van der Waals surface area contributed by atoms with Crippen LogP contribution in [-0.2, 0) is 49.9 Å². The number of amides is 1. The standard InChI is InChI=1S/C27H25F3N2O9S3/c1-4-11-40-26(35)23-19(42-25-21(14(2)15(3)33)24(34)32(23)25)13-31-18-7-5-6-17-16(8-9-20(22(17)18)43(31,36)37)10-12-41-44(38,39)27(28,29)30/h4-9,14,21,25H,1,10-13H2,2-3H3. The van der Waals surface area contributed by atoms with Crippen molar-refractivity contribution in [2.45, 2.75) is 36.0 Å². The molecule has 0 radical (unpaired) electrons. The first-order valence-electron chi connectivity index (χ1n) is 13.1. The molecule has 44 heavy (non-hydrogen) atoms. The molecule has 11 nitrogen and oxygen atoms in total. The third-order valence-electron chi connectivity index (χ3n) is 7.65. The molecule has 0 bridgehead atoms. The summed E-state index contributed by atoms with van der Waals surface area (Å²) >= 11 is 1.10. The highest BCUT2D eigenvalue weighted by Gasteiger charge is 2.59. The number of benzene rings is 2. The summed E-state index contributed by atoms with van der Waals surface area (Å²) in [6.45, 7) is 5.12. The predicted octanol–water partition coefficient (Wildman–Crippen LogP) is 3.45. The third-order valence-corrected chi connectivity index (χ3v) is 11.8. The van der Waals surface area contributed by atoms with Gasteiger partial charge in [-0.2, -0.15) is 21.6 Å². The van der Waals surface area contributed by atoms with Crippen LogP contribution in [0.5, 0.6) is 0 Å². The number of rotatable bonds is 11. The van der Waals surface area contributed by atoms with Crippen LogP contribution in [0.2, 0.25) is 0 Å². The topological polar surface area (TPSA) is 144 Å². The molecule has 5 rings (SSSR count). The number of esters is 1. The number of carbonyl (C=O) groups is 3. The molecule has 1 fully saturated rings.